The van der Waals surface area contributed by atoms with E-state index in [1.54, 1.807) is 18.2 Å². The quantitative estimate of drug-likeness (QED) is 0.913. The Balaban J connectivity index is 2.28. The van der Waals surface area contributed by atoms with Gasteiger partial charge >= 0.3 is 5.97 Å². The first-order chi connectivity index (χ1) is 10.0. The van der Waals surface area contributed by atoms with E-state index >= 15 is 0 Å². The molecule has 0 amide bonds. The van der Waals surface area contributed by atoms with E-state index in [0.717, 1.165) is 6.07 Å². The predicted molar refractivity (Wildman–Crippen MR) is 75.7 cm³/mol. The van der Waals surface area contributed by atoms with Crippen LogP contribution in [-0.2, 0) is 6.61 Å². The number of carbonyl (C=O) groups is 1. The molecule has 0 unspecified atom stereocenters. The van der Waals surface area contributed by atoms with Crippen molar-refractivity contribution in [2.24, 2.45) is 0 Å². The summed E-state index contributed by atoms with van der Waals surface area (Å²) in [7, 11) is 1.48. The minimum atomic E-state index is -1.26. The number of hydrogen-bond donors (Lipinski definition) is 1. The summed E-state index contributed by atoms with van der Waals surface area (Å²) in [5.74, 6) is -1.79. The van der Waals surface area contributed by atoms with Gasteiger partial charge in [-0.2, -0.15) is 0 Å². The number of hydrogen-bond acceptors (Lipinski definition) is 3. The fraction of sp³-hybridized carbons (Fsp3) is 0.133. The summed E-state index contributed by atoms with van der Waals surface area (Å²) >= 11 is 5.89. The van der Waals surface area contributed by atoms with Gasteiger partial charge in [0.05, 0.1) is 7.11 Å². The summed E-state index contributed by atoms with van der Waals surface area (Å²) in [5, 5.41) is 9.51. The first-order valence-corrected chi connectivity index (χ1v) is 6.37. The fourth-order valence-corrected chi connectivity index (χ4v) is 2.03. The third-order valence-electron chi connectivity index (χ3n) is 2.81. The van der Waals surface area contributed by atoms with Crippen LogP contribution in [0.2, 0.25) is 5.02 Å². The van der Waals surface area contributed by atoms with Gasteiger partial charge in [0.15, 0.2) is 11.6 Å². The van der Waals surface area contributed by atoms with Crippen molar-refractivity contribution in [1.29, 1.82) is 0 Å². The van der Waals surface area contributed by atoms with Crippen LogP contribution < -0.4 is 9.47 Å². The molecule has 2 aromatic carbocycles. The maximum atomic E-state index is 13.7. The van der Waals surface area contributed by atoms with Crippen LogP contribution >= 0.6 is 11.6 Å². The highest BCUT2D eigenvalue weighted by Gasteiger charge is 2.16. The molecule has 0 bridgehead atoms. The first kappa shape index (κ1) is 15.1. The summed E-state index contributed by atoms with van der Waals surface area (Å²) in [6.45, 7) is -0.0645. The number of rotatable bonds is 5. The van der Waals surface area contributed by atoms with Gasteiger partial charge in [0, 0.05) is 10.6 Å². The van der Waals surface area contributed by atoms with Crippen molar-refractivity contribution in [3.63, 3.8) is 0 Å². The number of aromatic carboxylic acids is 1. The molecule has 1 N–H and O–H groups in total. The van der Waals surface area contributed by atoms with Crippen LogP contribution in [0.5, 0.6) is 11.5 Å². The van der Waals surface area contributed by atoms with Gasteiger partial charge in [-0.05, 0) is 30.3 Å². The van der Waals surface area contributed by atoms with E-state index < -0.39 is 11.8 Å². The number of para-hydroxylation sites is 1. The third kappa shape index (κ3) is 3.44. The van der Waals surface area contributed by atoms with Crippen LogP contribution in [-0.4, -0.2) is 18.2 Å². The standard InChI is InChI=1S/C15H12ClFO4/c1-20-13-6-5-10(16)7-9(13)8-21-14-11(15(18)19)3-2-4-12(14)17/h2-7H,8H2,1H3,(H,18,19). The largest absolute Gasteiger partial charge is 0.496 e. The van der Waals surface area contributed by atoms with Crippen LogP contribution in [0.25, 0.3) is 0 Å². The molecule has 0 saturated heterocycles. The molecule has 0 atom stereocenters. The fourth-order valence-electron chi connectivity index (χ4n) is 1.83. The average molecular weight is 311 g/mol. The predicted octanol–water partition coefficient (Wildman–Crippen LogP) is 3.76. The van der Waals surface area contributed by atoms with E-state index in [1.165, 1.54) is 19.2 Å². The lowest BCUT2D eigenvalue weighted by atomic mass is 10.2. The molecule has 0 aliphatic heterocycles. The van der Waals surface area contributed by atoms with Crippen molar-refractivity contribution in [1.82, 2.24) is 0 Å². The zero-order valence-electron chi connectivity index (χ0n) is 11.1. The van der Waals surface area contributed by atoms with Crippen LogP contribution in [0.3, 0.4) is 0 Å². The number of carboxylic acids is 1. The van der Waals surface area contributed by atoms with Gasteiger partial charge < -0.3 is 14.6 Å². The van der Waals surface area contributed by atoms with Gasteiger partial charge in [0.1, 0.15) is 17.9 Å². The molecule has 0 spiro atoms. The molecule has 0 aromatic heterocycles. The Hall–Kier alpha value is -2.27. The van der Waals surface area contributed by atoms with Gasteiger partial charge in [-0.15, -0.1) is 0 Å². The normalized spacial score (nSPS) is 10.2. The van der Waals surface area contributed by atoms with Gasteiger partial charge in [0.2, 0.25) is 0 Å². The minimum absolute atomic E-state index is 0.0645. The van der Waals surface area contributed by atoms with Crippen LogP contribution in [0, 0.1) is 5.82 Å². The maximum absolute atomic E-state index is 13.7. The second kappa shape index (κ2) is 6.45. The molecule has 110 valence electrons. The van der Waals surface area contributed by atoms with Gasteiger partial charge in [-0.3, -0.25) is 0 Å². The number of benzene rings is 2. The molecular weight excluding hydrogens is 299 g/mol. The molecule has 0 aliphatic rings. The van der Waals surface area contributed by atoms with E-state index in [9.17, 15) is 9.18 Å². The third-order valence-corrected chi connectivity index (χ3v) is 3.05. The highest BCUT2D eigenvalue weighted by atomic mass is 35.5. The zero-order valence-corrected chi connectivity index (χ0v) is 11.9. The lowest BCUT2D eigenvalue weighted by Gasteiger charge is -2.12. The Morgan fingerprint density at radius 3 is 2.76 bits per heavy atom. The summed E-state index contributed by atoms with van der Waals surface area (Å²) in [6.07, 6.45) is 0. The summed E-state index contributed by atoms with van der Waals surface area (Å²) in [6, 6.07) is 8.64. The van der Waals surface area contributed by atoms with Crippen molar-refractivity contribution < 1.29 is 23.8 Å². The molecule has 21 heavy (non-hydrogen) atoms. The number of carboxylic acid groups (broad SMARTS) is 1. The molecule has 2 aromatic rings. The molecule has 0 aliphatic carbocycles. The second-order valence-electron chi connectivity index (χ2n) is 4.17. The van der Waals surface area contributed by atoms with E-state index in [4.69, 9.17) is 26.2 Å². The van der Waals surface area contributed by atoms with Crippen molar-refractivity contribution in [3.8, 4) is 11.5 Å². The van der Waals surface area contributed by atoms with Gasteiger partial charge in [-0.25, -0.2) is 9.18 Å². The molecule has 0 radical (unpaired) electrons. The Morgan fingerprint density at radius 1 is 1.33 bits per heavy atom. The lowest BCUT2D eigenvalue weighted by molar-refractivity contribution is 0.0690. The number of ether oxygens (including phenoxy) is 2. The number of halogens is 2. The highest BCUT2D eigenvalue weighted by molar-refractivity contribution is 6.30. The monoisotopic (exact) mass is 310 g/mol. The summed E-state index contributed by atoms with van der Waals surface area (Å²) in [4.78, 5) is 11.1. The second-order valence-corrected chi connectivity index (χ2v) is 4.60. The van der Waals surface area contributed by atoms with E-state index in [1.807, 2.05) is 0 Å². The highest BCUT2D eigenvalue weighted by Crippen LogP contribution is 2.27. The number of methoxy groups -OCH3 is 1. The minimum Gasteiger partial charge on any atom is -0.496 e. The Morgan fingerprint density at radius 2 is 2.10 bits per heavy atom. The SMILES string of the molecule is COc1ccc(Cl)cc1COc1c(F)cccc1C(=O)O. The van der Waals surface area contributed by atoms with E-state index in [2.05, 4.69) is 0 Å². The van der Waals surface area contributed by atoms with Gasteiger partial charge in [-0.1, -0.05) is 17.7 Å². The Bertz CT molecular complexity index is 673. The Labute approximate surface area is 125 Å². The molecule has 4 nitrogen and oxygen atoms in total. The first-order valence-electron chi connectivity index (χ1n) is 6.00. The molecule has 0 heterocycles. The molecule has 6 heteroatoms. The molecule has 0 fully saturated rings. The Kier molecular flexibility index (Phi) is 4.65. The van der Waals surface area contributed by atoms with E-state index in [0.29, 0.717) is 16.3 Å². The van der Waals surface area contributed by atoms with Crippen molar-refractivity contribution in [3.05, 3.63) is 58.4 Å². The van der Waals surface area contributed by atoms with E-state index in [-0.39, 0.29) is 17.9 Å². The zero-order chi connectivity index (χ0) is 15.4. The molecule has 2 rings (SSSR count). The van der Waals surface area contributed by atoms with Crippen molar-refractivity contribution in [2.75, 3.05) is 7.11 Å². The van der Waals surface area contributed by atoms with Gasteiger partial charge in [0.25, 0.3) is 0 Å². The average Bonchev–Trinajstić information content (AvgIpc) is 2.45. The smallest absolute Gasteiger partial charge is 0.339 e. The molecule has 0 saturated carbocycles. The van der Waals surface area contributed by atoms with Crippen LogP contribution in [0.1, 0.15) is 15.9 Å². The van der Waals surface area contributed by atoms with Crippen molar-refractivity contribution in [2.45, 2.75) is 6.61 Å². The molecular formula is C15H12ClFO4. The van der Waals surface area contributed by atoms with Crippen LogP contribution in [0.4, 0.5) is 4.39 Å². The summed E-state index contributed by atoms with van der Waals surface area (Å²) in [5.41, 5.74) is 0.348. The van der Waals surface area contributed by atoms with Crippen LogP contribution in [0.15, 0.2) is 36.4 Å². The lowest BCUT2D eigenvalue weighted by Crippen LogP contribution is -2.06. The summed E-state index contributed by atoms with van der Waals surface area (Å²) < 4.78 is 24.2. The topological polar surface area (TPSA) is 55.8 Å². The van der Waals surface area contributed by atoms with Crippen molar-refractivity contribution >= 4 is 17.6 Å². The maximum Gasteiger partial charge on any atom is 0.339 e.